The number of pyridine rings is 1. The molecule has 0 bridgehead atoms. The number of likely N-dealkylation sites (tertiary alicyclic amines) is 1. The maximum absolute atomic E-state index is 14.0. The number of nitriles is 1. The predicted molar refractivity (Wildman–Crippen MR) is 103 cm³/mol. The van der Waals surface area contributed by atoms with E-state index in [-0.39, 0.29) is 23.1 Å². The SMILES string of the molecule is N#Cc1c(CN2CCC(c3ccccc3F)CC2)ccn2c(CC(F)(F)F)cnc12. The molecule has 1 aliphatic heterocycles. The van der Waals surface area contributed by atoms with Gasteiger partial charge in [0.05, 0.1) is 17.7 Å². The van der Waals surface area contributed by atoms with Crippen LogP contribution in [0.5, 0.6) is 0 Å². The molecule has 1 aliphatic rings. The van der Waals surface area contributed by atoms with Gasteiger partial charge in [0.15, 0.2) is 5.65 Å². The lowest BCUT2D eigenvalue weighted by molar-refractivity contribution is -0.127. The van der Waals surface area contributed by atoms with Gasteiger partial charge >= 0.3 is 6.18 Å². The molecule has 1 saturated heterocycles. The van der Waals surface area contributed by atoms with Gasteiger partial charge in [-0.15, -0.1) is 0 Å². The van der Waals surface area contributed by atoms with Crippen molar-refractivity contribution in [3.8, 4) is 6.07 Å². The molecule has 0 radical (unpaired) electrons. The largest absolute Gasteiger partial charge is 0.394 e. The van der Waals surface area contributed by atoms with Crippen molar-refractivity contribution < 1.29 is 17.6 Å². The number of fused-ring (bicyclic) bond motifs is 1. The van der Waals surface area contributed by atoms with Crippen molar-refractivity contribution in [1.82, 2.24) is 14.3 Å². The van der Waals surface area contributed by atoms with E-state index in [1.807, 2.05) is 12.1 Å². The Kier molecular flexibility index (Phi) is 5.48. The molecular formula is C22H20F4N4. The van der Waals surface area contributed by atoms with E-state index in [4.69, 9.17) is 0 Å². The Morgan fingerprint density at radius 3 is 2.53 bits per heavy atom. The highest BCUT2D eigenvalue weighted by atomic mass is 19.4. The first kappa shape index (κ1) is 20.4. The van der Waals surface area contributed by atoms with E-state index < -0.39 is 12.6 Å². The molecule has 2 aromatic heterocycles. The van der Waals surface area contributed by atoms with E-state index in [2.05, 4.69) is 16.0 Å². The molecule has 0 N–H and O–H groups in total. The average Bonchev–Trinajstić information content (AvgIpc) is 3.10. The lowest BCUT2D eigenvalue weighted by Crippen LogP contribution is -2.33. The van der Waals surface area contributed by atoms with E-state index in [0.717, 1.165) is 37.1 Å². The molecule has 0 aliphatic carbocycles. The summed E-state index contributed by atoms with van der Waals surface area (Å²) in [5, 5.41) is 9.62. The minimum atomic E-state index is -4.34. The lowest BCUT2D eigenvalue weighted by atomic mass is 9.89. The number of aromatic nitrogens is 2. The summed E-state index contributed by atoms with van der Waals surface area (Å²) >= 11 is 0. The van der Waals surface area contributed by atoms with Gasteiger partial charge in [0.25, 0.3) is 0 Å². The summed E-state index contributed by atoms with van der Waals surface area (Å²) in [5.41, 5.74) is 2.02. The van der Waals surface area contributed by atoms with E-state index >= 15 is 0 Å². The second-order valence-corrected chi connectivity index (χ2v) is 7.63. The summed E-state index contributed by atoms with van der Waals surface area (Å²) in [6.07, 6.45) is -1.10. The molecule has 8 heteroatoms. The van der Waals surface area contributed by atoms with Crippen LogP contribution in [0.1, 0.15) is 41.1 Å². The molecule has 0 saturated carbocycles. The monoisotopic (exact) mass is 416 g/mol. The number of hydrogen-bond acceptors (Lipinski definition) is 3. The minimum absolute atomic E-state index is 0.00579. The highest BCUT2D eigenvalue weighted by molar-refractivity contribution is 5.59. The Labute approximate surface area is 171 Å². The number of benzene rings is 1. The van der Waals surface area contributed by atoms with Crippen molar-refractivity contribution in [1.29, 1.82) is 5.26 Å². The molecule has 1 fully saturated rings. The first-order valence-corrected chi connectivity index (χ1v) is 9.77. The van der Waals surface area contributed by atoms with Crippen LogP contribution >= 0.6 is 0 Å². The van der Waals surface area contributed by atoms with Crippen molar-refractivity contribution in [2.24, 2.45) is 0 Å². The average molecular weight is 416 g/mol. The molecule has 0 spiro atoms. The summed E-state index contributed by atoms with van der Waals surface area (Å²) in [6, 6.07) is 10.6. The smallest absolute Gasteiger partial charge is 0.303 e. The van der Waals surface area contributed by atoms with Crippen LogP contribution in [0.4, 0.5) is 17.6 Å². The molecule has 3 heterocycles. The van der Waals surface area contributed by atoms with Crippen LogP contribution in [0.25, 0.3) is 5.65 Å². The highest BCUT2D eigenvalue weighted by Crippen LogP contribution is 2.31. The summed E-state index contributed by atoms with van der Waals surface area (Å²) in [5.74, 6) is -0.0141. The van der Waals surface area contributed by atoms with Gasteiger partial charge in [-0.2, -0.15) is 18.4 Å². The van der Waals surface area contributed by atoms with E-state index in [1.54, 1.807) is 18.3 Å². The van der Waals surface area contributed by atoms with Crippen LogP contribution in [0.2, 0.25) is 0 Å². The summed E-state index contributed by atoms with van der Waals surface area (Å²) in [4.78, 5) is 6.25. The Balaban J connectivity index is 1.50. The summed E-state index contributed by atoms with van der Waals surface area (Å²) < 4.78 is 53.7. The minimum Gasteiger partial charge on any atom is -0.303 e. The van der Waals surface area contributed by atoms with Crippen molar-refractivity contribution in [3.63, 3.8) is 0 Å². The van der Waals surface area contributed by atoms with E-state index in [1.165, 1.54) is 16.7 Å². The van der Waals surface area contributed by atoms with E-state index in [9.17, 15) is 22.8 Å². The second-order valence-electron chi connectivity index (χ2n) is 7.63. The van der Waals surface area contributed by atoms with Gasteiger partial charge in [-0.1, -0.05) is 18.2 Å². The molecule has 4 nitrogen and oxygen atoms in total. The Bertz CT molecular complexity index is 1090. The van der Waals surface area contributed by atoms with Gasteiger partial charge < -0.3 is 4.40 Å². The third kappa shape index (κ3) is 4.17. The Morgan fingerprint density at radius 1 is 1.13 bits per heavy atom. The van der Waals surface area contributed by atoms with Crippen LogP contribution in [0, 0.1) is 17.1 Å². The quantitative estimate of drug-likeness (QED) is 0.573. The number of rotatable bonds is 4. The number of halogens is 4. The van der Waals surface area contributed by atoms with Crippen molar-refractivity contribution in [2.45, 2.75) is 37.9 Å². The van der Waals surface area contributed by atoms with Crippen LogP contribution in [-0.4, -0.2) is 33.6 Å². The molecular weight excluding hydrogens is 396 g/mol. The number of imidazole rings is 1. The first-order chi connectivity index (χ1) is 14.4. The first-order valence-electron chi connectivity index (χ1n) is 9.77. The number of piperidine rings is 1. The molecule has 3 aromatic rings. The second kappa shape index (κ2) is 8.07. The normalized spacial score (nSPS) is 16.1. The maximum Gasteiger partial charge on any atom is 0.394 e. The molecule has 1 aromatic carbocycles. The zero-order chi connectivity index (χ0) is 21.3. The lowest BCUT2D eigenvalue weighted by Gasteiger charge is -2.32. The zero-order valence-electron chi connectivity index (χ0n) is 16.2. The van der Waals surface area contributed by atoms with Gasteiger partial charge in [-0.3, -0.25) is 4.90 Å². The molecule has 0 atom stereocenters. The third-order valence-electron chi connectivity index (χ3n) is 5.66. The fourth-order valence-electron chi connectivity index (χ4n) is 4.18. The Hall–Kier alpha value is -2.92. The maximum atomic E-state index is 14.0. The molecule has 0 amide bonds. The van der Waals surface area contributed by atoms with Gasteiger partial charge in [0.2, 0.25) is 0 Å². The van der Waals surface area contributed by atoms with Gasteiger partial charge in [0.1, 0.15) is 11.9 Å². The highest BCUT2D eigenvalue weighted by Gasteiger charge is 2.30. The van der Waals surface area contributed by atoms with Crippen molar-refractivity contribution >= 4 is 5.65 Å². The predicted octanol–water partition coefficient (Wildman–Crippen LogP) is 4.83. The van der Waals surface area contributed by atoms with Crippen molar-refractivity contribution in [2.75, 3.05) is 13.1 Å². The summed E-state index contributed by atoms with van der Waals surface area (Å²) in [6.45, 7) is 2.01. The number of nitrogens with zero attached hydrogens (tertiary/aromatic N) is 4. The molecule has 156 valence electrons. The van der Waals surface area contributed by atoms with Crippen LogP contribution in [0.3, 0.4) is 0 Å². The van der Waals surface area contributed by atoms with Crippen LogP contribution < -0.4 is 0 Å². The summed E-state index contributed by atoms with van der Waals surface area (Å²) in [7, 11) is 0. The van der Waals surface area contributed by atoms with Crippen molar-refractivity contribution in [3.05, 3.63) is 70.9 Å². The number of alkyl halides is 3. The standard InChI is InChI=1S/C22H20F4N4/c23-20-4-2-1-3-18(20)15-5-8-29(9-6-15)14-16-7-10-30-17(11-22(24,25)26)13-28-21(30)19(16)12-27/h1-4,7,10,13,15H,5-6,8-9,11,14H2. The third-order valence-corrected chi connectivity index (χ3v) is 5.66. The molecule has 30 heavy (non-hydrogen) atoms. The molecule has 0 unspecified atom stereocenters. The number of hydrogen-bond donors (Lipinski definition) is 0. The van der Waals surface area contributed by atoms with Gasteiger partial charge in [-0.05, 0) is 55.1 Å². The topological polar surface area (TPSA) is 44.3 Å². The fourth-order valence-corrected chi connectivity index (χ4v) is 4.18. The molecule has 4 rings (SSSR count). The van der Waals surface area contributed by atoms with Gasteiger partial charge in [0, 0.05) is 18.9 Å². The Morgan fingerprint density at radius 2 is 1.87 bits per heavy atom. The van der Waals surface area contributed by atoms with Crippen LogP contribution in [-0.2, 0) is 13.0 Å². The van der Waals surface area contributed by atoms with Gasteiger partial charge in [-0.25, -0.2) is 9.37 Å². The van der Waals surface area contributed by atoms with E-state index in [0.29, 0.717) is 12.1 Å². The fraction of sp³-hybridized carbons (Fsp3) is 0.364. The zero-order valence-corrected chi connectivity index (χ0v) is 16.2. The van der Waals surface area contributed by atoms with Crippen LogP contribution in [0.15, 0.2) is 42.7 Å².